The van der Waals surface area contributed by atoms with Gasteiger partial charge in [0.15, 0.2) is 0 Å². The molecule has 0 atom stereocenters. The van der Waals surface area contributed by atoms with E-state index in [1.165, 1.54) is 0 Å². The maximum absolute atomic E-state index is 13.4. The number of carbonyl (C=O) groups excluding carboxylic acids is 1. The van der Waals surface area contributed by atoms with Crippen LogP contribution in [0.5, 0.6) is 5.75 Å². The molecule has 166 valence electrons. The van der Waals surface area contributed by atoms with Crippen LogP contribution in [0.15, 0.2) is 85.3 Å². The van der Waals surface area contributed by atoms with Crippen LogP contribution in [0.25, 0.3) is 11.1 Å². The summed E-state index contributed by atoms with van der Waals surface area (Å²) in [7, 11) is 1.63. The van der Waals surface area contributed by atoms with E-state index in [4.69, 9.17) is 9.72 Å². The predicted octanol–water partition coefficient (Wildman–Crippen LogP) is 4.63. The number of benzene rings is 2. The zero-order chi connectivity index (χ0) is 23.0. The van der Waals surface area contributed by atoms with Gasteiger partial charge >= 0.3 is 0 Å². The minimum absolute atomic E-state index is 0.0287. The molecule has 0 unspecified atom stereocenters. The number of hydrogen-bond acceptors (Lipinski definition) is 5. The molecule has 0 aliphatic carbocycles. The van der Waals surface area contributed by atoms with Crippen LogP contribution < -0.4 is 4.74 Å². The molecule has 0 aliphatic rings. The molecular formula is C27H26N4O2. The van der Waals surface area contributed by atoms with Gasteiger partial charge in [0.25, 0.3) is 0 Å². The number of aromatic nitrogens is 3. The van der Waals surface area contributed by atoms with Crippen LogP contribution in [0.3, 0.4) is 0 Å². The van der Waals surface area contributed by atoms with E-state index < -0.39 is 0 Å². The van der Waals surface area contributed by atoms with Crippen molar-refractivity contribution in [2.24, 2.45) is 0 Å². The second-order valence-corrected chi connectivity index (χ2v) is 7.77. The van der Waals surface area contributed by atoms with Gasteiger partial charge in [-0.15, -0.1) is 0 Å². The first-order valence-corrected chi connectivity index (χ1v) is 10.8. The summed E-state index contributed by atoms with van der Waals surface area (Å²) in [6.45, 7) is 2.74. The molecule has 2 heterocycles. The molecule has 4 rings (SSSR count). The van der Waals surface area contributed by atoms with Crippen LogP contribution in [-0.2, 0) is 24.3 Å². The summed E-state index contributed by atoms with van der Waals surface area (Å²) >= 11 is 0. The molecule has 0 fully saturated rings. The molecule has 4 aromatic rings. The number of methoxy groups -OCH3 is 1. The van der Waals surface area contributed by atoms with Crippen molar-refractivity contribution in [1.29, 1.82) is 0 Å². The van der Waals surface area contributed by atoms with Gasteiger partial charge in [-0.2, -0.15) is 0 Å². The molecule has 0 N–H and O–H groups in total. The lowest BCUT2D eigenvalue weighted by molar-refractivity contribution is -0.131. The molecule has 33 heavy (non-hydrogen) atoms. The largest absolute Gasteiger partial charge is 0.497 e. The summed E-state index contributed by atoms with van der Waals surface area (Å²) in [6, 6.07) is 21.5. The van der Waals surface area contributed by atoms with E-state index in [-0.39, 0.29) is 5.91 Å². The molecule has 2 aromatic heterocycles. The van der Waals surface area contributed by atoms with E-state index >= 15 is 0 Å². The first kappa shape index (κ1) is 22.1. The number of rotatable bonds is 8. The molecule has 6 heteroatoms. The van der Waals surface area contributed by atoms with Crippen LogP contribution in [-0.4, -0.2) is 32.9 Å². The van der Waals surface area contributed by atoms with Crippen molar-refractivity contribution < 1.29 is 9.53 Å². The molecule has 0 radical (unpaired) electrons. The van der Waals surface area contributed by atoms with Crippen LogP contribution in [0.2, 0.25) is 0 Å². The number of carbonyl (C=O) groups is 1. The Morgan fingerprint density at radius 1 is 0.909 bits per heavy atom. The minimum Gasteiger partial charge on any atom is -0.497 e. The highest BCUT2D eigenvalue weighted by atomic mass is 16.5. The Morgan fingerprint density at radius 2 is 1.64 bits per heavy atom. The second kappa shape index (κ2) is 10.5. The monoisotopic (exact) mass is 438 g/mol. The van der Waals surface area contributed by atoms with Crippen molar-refractivity contribution in [3.05, 3.63) is 108 Å². The quantitative estimate of drug-likeness (QED) is 0.401. The first-order chi connectivity index (χ1) is 16.1. The molecule has 0 aliphatic heterocycles. The molecule has 2 aromatic carbocycles. The highest BCUT2D eigenvalue weighted by Gasteiger charge is 2.19. The molecular weight excluding hydrogens is 412 g/mol. The van der Waals surface area contributed by atoms with E-state index in [9.17, 15) is 4.79 Å². The van der Waals surface area contributed by atoms with E-state index in [1.54, 1.807) is 19.5 Å². The Kier molecular flexibility index (Phi) is 7.05. The van der Waals surface area contributed by atoms with Gasteiger partial charge in [-0.3, -0.25) is 9.78 Å². The van der Waals surface area contributed by atoms with Crippen molar-refractivity contribution in [2.75, 3.05) is 7.11 Å². The van der Waals surface area contributed by atoms with Gasteiger partial charge in [-0.05, 0) is 47.9 Å². The predicted molar refractivity (Wildman–Crippen MR) is 127 cm³/mol. The van der Waals surface area contributed by atoms with E-state index in [1.807, 2.05) is 84.8 Å². The lowest BCUT2D eigenvalue weighted by Crippen LogP contribution is -2.32. The second-order valence-electron chi connectivity index (χ2n) is 7.77. The Morgan fingerprint density at radius 3 is 2.33 bits per heavy atom. The zero-order valence-corrected chi connectivity index (χ0v) is 18.8. The number of amides is 1. The van der Waals surface area contributed by atoms with Crippen molar-refractivity contribution >= 4 is 5.91 Å². The van der Waals surface area contributed by atoms with Crippen molar-refractivity contribution in [3.63, 3.8) is 0 Å². The standard InChI is InChI=1S/C27H26N4O2/c1-20-29-17-25(23-12-14-28-15-13-23)26(30-20)19-31(18-22-6-4-3-5-7-22)27(32)16-21-8-10-24(33-2)11-9-21/h3-15,17H,16,18-19H2,1-2H3. The van der Waals surface area contributed by atoms with Gasteiger partial charge in [0.2, 0.25) is 5.91 Å². The summed E-state index contributed by atoms with van der Waals surface area (Å²) in [6.07, 6.45) is 5.61. The molecule has 1 amide bonds. The Balaban J connectivity index is 1.64. The summed E-state index contributed by atoms with van der Waals surface area (Å²) in [5.41, 5.74) is 4.69. The average molecular weight is 439 g/mol. The third-order valence-corrected chi connectivity index (χ3v) is 5.40. The maximum atomic E-state index is 13.4. The number of hydrogen-bond donors (Lipinski definition) is 0. The van der Waals surface area contributed by atoms with E-state index in [0.717, 1.165) is 33.7 Å². The fourth-order valence-electron chi connectivity index (χ4n) is 3.66. The molecule has 0 saturated carbocycles. The van der Waals surface area contributed by atoms with Gasteiger partial charge in [0, 0.05) is 30.7 Å². The van der Waals surface area contributed by atoms with E-state index in [0.29, 0.717) is 25.3 Å². The number of pyridine rings is 1. The molecule has 6 nitrogen and oxygen atoms in total. The van der Waals surface area contributed by atoms with Crippen LogP contribution in [0.1, 0.15) is 22.6 Å². The SMILES string of the molecule is COc1ccc(CC(=O)N(Cc2ccccc2)Cc2nc(C)ncc2-c2ccncc2)cc1. The van der Waals surface area contributed by atoms with Crippen molar-refractivity contribution in [2.45, 2.75) is 26.4 Å². The summed E-state index contributed by atoms with van der Waals surface area (Å²) in [5.74, 6) is 1.47. The highest BCUT2D eigenvalue weighted by Crippen LogP contribution is 2.23. The fraction of sp³-hybridized carbons (Fsp3) is 0.185. The lowest BCUT2D eigenvalue weighted by Gasteiger charge is -2.24. The van der Waals surface area contributed by atoms with Gasteiger partial charge < -0.3 is 9.64 Å². The summed E-state index contributed by atoms with van der Waals surface area (Å²) in [5, 5.41) is 0. The average Bonchev–Trinajstić information content (AvgIpc) is 2.85. The van der Waals surface area contributed by atoms with Gasteiger partial charge in [-0.1, -0.05) is 42.5 Å². The number of nitrogens with zero attached hydrogens (tertiary/aromatic N) is 4. The smallest absolute Gasteiger partial charge is 0.227 e. The molecule has 0 spiro atoms. The normalized spacial score (nSPS) is 10.6. The number of aryl methyl sites for hydroxylation is 1. The zero-order valence-electron chi connectivity index (χ0n) is 18.8. The highest BCUT2D eigenvalue weighted by molar-refractivity contribution is 5.79. The van der Waals surface area contributed by atoms with Crippen LogP contribution in [0.4, 0.5) is 0 Å². The third-order valence-electron chi connectivity index (χ3n) is 5.40. The third kappa shape index (κ3) is 5.80. The van der Waals surface area contributed by atoms with Gasteiger partial charge in [0.05, 0.1) is 25.8 Å². The van der Waals surface area contributed by atoms with Gasteiger partial charge in [-0.25, -0.2) is 9.97 Å². The number of ether oxygens (including phenoxy) is 1. The minimum atomic E-state index is 0.0287. The Labute approximate surface area is 193 Å². The van der Waals surface area contributed by atoms with Crippen LogP contribution in [0, 0.1) is 6.92 Å². The van der Waals surface area contributed by atoms with Crippen LogP contribution >= 0.6 is 0 Å². The first-order valence-electron chi connectivity index (χ1n) is 10.8. The topological polar surface area (TPSA) is 68.2 Å². The lowest BCUT2D eigenvalue weighted by atomic mass is 10.1. The fourth-order valence-corrected chi connectivity index (χ4v) is 3.66. The summed E-state index contributed by atoms with van der Waals surface area (Å²) in [4.78, 5) is 28.5. The Hall–Kier alpha value is -4.06. The maximum Gasteiger partial charge on any atom is 0.227 e. The van der Waals surface area contributed by atoms with Crippen molar-refractivity contribution in [3.8, 4) is 16.9 Å². The molecule has 0 saturated heterocycles. The van der Waals surface area contributed by atoms with Crippen molar-refractivity contribution in [1.82, 2.24) is 19.9 Å². The van der Waals surface area contributed by atoms with E-state index in [2.05, 4.69) is 9.97 Å². The Bertz CT molecular complexity index is 1200. The van der Waals surface area contributed by atoms with Gasteiger partial charge in [0.1, 0.15) is 11.6 Å². The molecule has 0 bridgehead atoms. The summed E-state index contributed by atoms with van der Waals surface area (Å²) < 4.78 is 5.23.